The van der Waals surface area contributed by atoms with Gasteiger partial charge in [0.05, 0.1) is 5.69 Å². The fraction of sp³-hybridized carbons (Fsp3) is 0.286. The van der Waals surface area contributed by atoms with Gasteiger partial charge >= 0.3 is 0 Å². The quantitative estimate of drug-likeness (QED) is 0.888. The number of aryl methyl sites for hydroxylation is 2. The molecule has 5 heteroatoms. The summed E-state index contributed by atoms with van der Waals surface area (Å²) in [5.74, 6) is 1.68. The van der Waals surface area contributed by atoms with Crippen LogP contribution in [0.15, 0.2) is 18.2 Å². The van der Waals surface area contributed by atoms with Crippen molar-refractivity contribution in [3.63, 3.8) is 0 Å². The summed E-state index contributed by atoms with van der Waals surface area (Å²) in [7, 11) is 1.80. The molecule has 0 amide bonds. The molecule has 100 valence electrons. The Kier molecular flexibility index (Phi) is 3.64. The first kappa shape index (κ1) is 13.3. The fourth-order valence-electron chi connectivity index (χ4n) is 1.86. The molecule has 1 heterocycles. The Morgan fingerprint density at radius 1 is 1.05 bits per heavy atom. The van der Waals surface area contributed by atoms with Gasteiger partial charge in [0.15, 0.2) is 0 Å². The number of anilines is 3. The molecule has 0 bridgehead atoms. The van der Waals surface area contributed by atoms with Gasteiger partial charge in [-0.3, -0.25) is 0 Å². The molecular formula is C14H17FN4. The molecule has 0 aliphatic rings. The third kappa shape index (κ3) is 2.81. The summed E-state index contributed by atoms with van der Waals surface area (Å²) < 4.78 is 13.7. The second kappa shape index (κ2) is 5.22. The molecule has 0 aliphatic carbocycles. The molecule has 4 nitrogen and oxygen atoms in total. The second-order valence-electron chi connectivity index (χ2n) is 4.45. The maximum atomic E-state index is 13.7. The van der Waals surface area contributed by atoms with E-state index >= 15 is 0 Å². The highest BCUT2D eigenvalue weighted by atomic mass is 19.1. The minimum absolute atomic E-state index is 0.299. The van der Waals surface area contributed by atoms with Crippen molar-refractivity contribution in [2.24, 2.45) is 0 Å². The molecule has 0 saturated heterocycles. The topological polar surface area (TPSA) is 49.8 Å². The monoisotopic (exact) mass is 260 g/mol. The Labute approximate surface area is 112 Å². The van der Waals surface area contributed by atoms with Gasteiger partial charge in [0.25, 0.3) is 0 Å². The number of aromatic nitrogens is 2. The molecule has 0 aliphatic heterocycles. The molecule has 1 aromatic heterocycles. The van der Waals surface area contributed by atoms with Crippen LogP contribution in [0.1, 0.15) is 17.0 Å². The predicted octanol–water partition coefficient (Wildman–Crippen LogP) is 3.33. The molecule has 2 rings (SSSR count). The normalized spacial score (nSPS) is 10.4. The van der Waals surface area contributed by atoms with Crippen molar-refractivity contribution in [1.29, 1.82) is 0 Å². The zero-order chi connectivity index (χ0) is 14.0. The Morgan fingerprint density at radius 2 is 1.74 bits per heavy atom. The van der Waals surface area contributed by atoms with Gasteiger partial charge in [-0.25, -0.2) is 14.4 Å². The van der Waals surface area contributed by atoms with Crippen molar-refractivity contribution >= 4 is 17.3 Å². The smallest absolute Gasteiger partial charge is 0.146 e. The van der Waals surface area contributed by atoms with E-state index in [1.165, 1.54) is 6.07 Å². The third-order valence-corrected chi connectivity index (χ3v) is 2.87. The molecule has 0 unspecified atom stereocenters. The van der Waals surface area contributed by atoms with Crippen molar-refractivity contribution in [3.8, 4) is 0 Å². The van der Waals surface area contributed by atoms with E-state index in [1.807, 2.05) is 13.8 Å². The van der Waals surface area contributed by atoms with Crippen LogP contribution in [0.2, 0.25) is 0 Å². The molecule has 2 N–H and O–H groups in total. The summed E-state index contributed by atoms with van der Waals surface area (Å²) in [5.41, 5.74) is 2.26. The van der Waals surface area contributed by atoms with E-state index < -0.39 is 0 Å². The lowest BCUT2D eigenvalue weighted by Crippen LogP contribution is -2.06. The maximum absolute atomic E-state index is 13.7. The minimum atomic E-state index is -0.299. The molecule has 0 fully saturated rings. The summed E-state index contributed by atoms with van der Waals surface area (Å²) in [6, 6.07) is 4.93. The molecule has 0 radical (unpaired) electrons. The highest BCUT2D eigenvalue weighted by Crippen LogP contribution is 2.25. The molecule has 1 aromatic carbocycles. The zero-order valence-electron chi connectivity index (χ0n) is 11.5. The Bertz CT molecular complexity index is 611. The summed E-state index contributed by atoms with van der Waals surface area (Å²) in [6.07, 6.45) is 0. The average Bonchev–Trinajstić information content (AvgIpc) is 2.37. The van der Waals surface area contributed by atoms with E-state index in [0.717, 1.165) is 16.9 Å². The average molecular weight is 260 g/mol. The Balaban J connectivity index is 2.43. The van der Waals surface area contributed by atoms with E-state index in [-0.39, 0.29) is 5.82 Å². The zero-order valence-corrected chi connectivity index (χ0v) is 11.5. The number of rotatable bonds is 3. The van der Waals surface area contributed by atoms with E-state index in [0.29, 0.717) is 17.3 Å². The van der Waals surface area contributed by atoms with Crippen LogP contribution in [0.5, 0.6) is 0 Å². The standard InChI is InChI=1S/C14H17FN4/c1-8-5-6-11(15)12(7-8)19-14-9(2)13(16-4)17-10(3)18-14/h5-7H,1-4H3,(H2,16,17,18,19). The minimum Gasteiger partial charge on any atom is -0.373 e. The van der Waals surface area contributed by atoms with Crippen LogP contribution in [-0.2, 0) is 0 Å². The van der Waals surface area contributed by atoms with Gasteiger partial charge < -0.3 is 10.6 Å². The lowest BCUT2D eigenvalue weighted by Gasteiger charge is -2.13. The van der Waals surface area contributed by atoms with Crippen LogP contribution in [0, 0.1) is 26.6 Å². The van der Waals surface area contributed by atoms with Gasteiger partial charge in [0, 0.05) is 12.6 Å². The first-order chi connectivity index (χ1) is 9.01. The first-order valence-electron chi connectivity index (χ1n) is 6.07. The van der Waals surface area contributed by atoms with E-state index in [2.05, 4.69) is 20.6 Å². The van der Waals surface area contributed by atoms with Gasteiger partial charge in [0.2, 0.25) is 0 Å². The van der Waals surface area contributed by atoms with Crippen molar-refractivity contribution in [3.05, 3.63) is 41.0 Å². The van der Waals surface area contributed by atoms with Gasteiger partial charge in [-0.05, 0) is 38.5 Å². The molecule has 0 saturated carbocycles. The van der Waals surface area contributed by atoms with Gasteiger partial charge in [0.1, 0.15) is 23.3 Å². The molecule has 2 aromatic rings. The molecule has 0 spiro atoms. The number of halogens is 1. The van der Waals surface area contributed by atoms with E-state index in [9.17, 15) is 4.39 Å². The molecule has 19 heavy (non-hydrogen) atoms. The van der Waals surface area contributed by atoms with Crippen LogP contribution >= 0.6 is 0 Å². The highest BCUT2D eigenvalue weighted by Gasteiger charge is 2.10. The summed E-state index contributed by atoms with van der Waals surface area (Å²) in [4.78, 5) is 8.60. The van der Waals surface area contributed by atoms with Crippen LogP contribution in [-0.4, -0.2) is 17.0 Å². The number of benzene rings is 1. The highest BCUT2D eigenvalue weighted by molar-refractivity contribution is 5.65. The first-order valence-corrected chi connectivity index (χ1v) is 6.07. The maximum Gasteiger partial charge on any atom is 0.146 e. The molecular weight excluding hydrogens is 243 g/mol. The van der Waals surface area contributed by atoms with Crippen molar-refractivity contribution in [2.45, 2.75) is 20.8 Å². The van der Waals surface area contributed by atoms with Crippen LogP contribution in [0.3, 0.4) is 0 Å². The van der Waals surface area contributed by atoms with Crippen LogP contribution in [0.25, 0.3) is 0 Å². The molecule has 0 atom stereocenters. The van der Waals surface area contributed by atoms with Crippen molar-refractivity contribution < 1.29 is 4.39 Å². The number of nitrogens with zero attached hydrogens (tertiary/aromatic N) is 2. The second-order valence-corrected chi connectivity index (χ2v) is 4.45. The predicted molar refractivity (Wildman–Crippen MR) is 75.5 cm³/mol. The number of hydrogen-bond donors (Lipinski definition) is 2. The van der Waals surface area contributed by atoms with Crippen molar-refractivity contribution in [1.82, 2.24) is 9.97 Å². The van der Waals surface area contributed by atoms with Gasteiger partial charge in [-0.1, -0.05) is 6.07 Å². The summed E-state index contributed by atoms with van der Waals surface area (Å²) >= 11 is 0. The summed E-state index contributed by atoms with van der Waals surface area (Å²) in [6.45, 7) is 5.61. The number of nitrogens with one attached hydrogen (secondary N) is 2. The van der Waals surface area contributed by atoms with E-state index in [4.69, 9.17) is 0 Å². The van der Waals surface area contributed by atoms with Gasteiger partial charge in [-0.2, -0.15) is 0 Å². The fourth-order valence-corrected chi connectivity index (χ4v) is 1.86. The van der Waals surface area contributed by atoms with Crippen molar-refractivity contribution in [2.75, 3.05) is 17.7 Å². The Morgan fingerprint density at radius 3 is 2.42 bits per heavy atom. The largest absolute Gasteiger partial charge is 0.373 e. The van der Waals surface area contributed by atoms with Crippen LogP contribution < -0.4 is 10.6 Å². The Hall–Kier alpha value is -2.17. The lowest BCUT2D eigenvalue weighted by atomic mass is 10.2. The van der Waals surface area contributed by atoms with Crippen LogP contribution in [0.4, 0.5) is 21.7 Å². The summed E-state index contributed by atoms with van der Waals surface area (Å²) in [5, 5.41) is 6.03. The lowest BCUT2D eigenvalue weighted by molar-refractivity contribution is 0.631. The van der Waals surface area contributed by atoms with E-state index in [1.54, 1.807) is 26.1 Å². The SMILES string of the molecule is CNc1nc(C)nc(Nc2cc(C)ccc2F)c1C. The van der Waals surface area contributed by atoms with Gasteiger partial charge in [-0.15, -0.1) is 0 Å². The third-order valence-electron chi connectivity index (χ3n) is 2.87. The number of hydrogen-bond acceptors (Lipinski definition) is 4.